The van der Waals surface area contributed by atoms with Crippen LogP contribution in [-0.4, -0.2) is 66.0 Å². The number of Topliss-reactive ketones (excluding diaryl/α,β-unsaturated/α-hetero) is 1. The van der Waals surface area contributed by atoms with E-state index in [0.29, 0.717) is 24.1 Å². The second kappa shape index (κ2) is 9.40. The lowest BCUT2D eigenvalue weighted by Gasteiger charge is -2.26. The molecule has 1 saturated heterocycles. The maximum absolute atomic E-state index is 13.7. The number of carbonyl (C=O) groups is 2. The predicted molar refractivity (Wildman–Crippen MR) is 118 cm³/mol. The molecule has 1 aliphatic heterocycles. The van der Waals surface area contributed by atoms with Crippen molar-refractivity contribution in [1.82, 2.24) is 9.80 Å². The van der Waals surface area contributed by atoms with Gasteiger partial charge in [-0.15, -0.1) is 0 Å². The van der Waals surface area contributed by atoms with Gasteiger partial charge in [0.05, 0.1) is 18.7 Å². The number of amides is 1. The van der Waals surface area contributed by atoms with Crippen LogP contribution < -0.4 is 4.74 Å². The molecule has 1 unspecified atom stereocenters. The van der Waals surface area contributed by atoms with Crippen LogP contribution in [0.1, 0.15) is 29.2 Å². The fourth-order valence-electron chi connectivity index (χ4n) is 3.84. The van der Waals surface area contributed by atoms with Gasteiger partial charge in [-0.3, -0.25) is 9.59 Å². The molecule has 2 aromatic carbocycles. The average Bonchev–Trinajstić information content (AvgIpc) is 3.00. The van der Waals surface area contributed by atoms with Gasteiger partial charge in [-0.1, -0.05) is 6.07 Å². The molecular formula is C24H27FN2O5. The van der Waals surface area contributed by atoms with Crippen LogP contribution in [0.5, 0.6) is 11.5 Å². The van der Waals surface area contributed by atoms with Gasteiger partial charge in [0.1, 0.15) is 11.6 Å². The van der Waals surface area contributed by atoms with E-state index in [1.807, 2.05) is 19.0 Å². The van der Waals surface area contributed by atoms with Crippen LogP contribution in [0, 0.1) is 12.7 Å². The van der Waals surface area contributed by atoms with E-state index in [1.54, 1.807) is 13.0 Å². The normalized spacial score (nSPS) is 17.9. The summed E-state index contributed by atoms with van der Waals surface area (Å²) >= 11 is 0. The lowest BCUT2D eigenvalue weighted by atomic mass is 9.94. The monoisotopic (exact) mass is 442 g/mol. The van der Waals surface area contributed by atoms with Gasteiger partial charge in [-0.05, 0) is 75.4 Å². The van der Waals surface area contributed by atoms with Crippen molar-refractivity contribution >= 4 is 17.4 Å². The first-order valence-corrected chi connectivity index (χ1v) is 10.2. The van der Waals surface area contributed by atoms with Crippen LogP contribution in [0.3, 0.4) is 0 Å². The minimum absolute atomic E-state index is 0.101. The minimum Gasteiger partial charge on any atom is -0.507 e. The summed E-state index contributed by atoms with van der Waals surface area (Å²) in [6.07, 6.45) is 0.606. The zero-order chi connectivity index (χ0) is 23.6. The number of halogens is 1. The Morgan fingerprint density at radius 3 is 2.50 bits per heavy atom. The quantitative estimate of drug-likeness (QED) is 0.389. The van der Waals surface area contributed by atoms with Crippen LogP contribution >= 0.6 is 0 Å². The first kappa shape index (κ1) is 23.3. The second-order valence-electron chi connectivity index (χ2n) is 8.04. The molecule has 1 heterocycles. The fraction of sp³-hybridized carbons (Fsp3) is 0.333. The molecule has 0 radical (unpaired) electrons. The summed E-state index contributed by atoms with van der Waals surface area (Å²) in [5.41, 5.74) is 0.883. The summed E-state index contributed by atoms with van der Waals surface area (Å²) in [4.78, 5) is 29.3. The molecular weight excluding hydrogens is 415 g/mol. The van der Waals surface area contributed by atoms with E-state index in [4.69, 9.17) is 4.74 Å². The molecule has 1 aliphatic rings. The highest BCUT2D eigenvalue weighted by atomic mass is 19.1. The third kappa shape index (κ3) is 4.45. The minimum atomic E-state index is -0.903. The van der Waals surface area contributed by atoms with Crippen LogP contribution in [0.2, 0.25) is 0 Å². The number of phenolic OH excluding ortho intramolecular Hbond substituents is 1. The summed E-state index contributed by atoms with van der Waals surface area (Å²) in [5, 5.41) is 21.3. The number of aliphatic hydroxyl groups excluding tert-OH is 1. The largest absolute Gasteiger partial charge is 0.507 e. The number of benzene rings is 2. The van der Waals surface area contributed by atoms with E-state index in [-0.39, 0.29) is 34.9 Å². The van der Waals surface area contributed by atoms with Crippen molar-refractivity contribution in [2.24, 2.45) is 0 Å². The molecule has 3 rings (SSSR count). The second-order valence-corrected chi connectivity index (χ2v) is 8.04. The number of ketones is 1. The first-order valence-electron chi connectivity index (χ1n) is 10.2. The van der Waals surface area contributed by atoms with Crippen LogP contribution in [0.15, 0.2) is 42.0 Å². The molecule has 32 heavy (non-hydrogen) atoms. The van der Waals surface area contributed by atoms with Gasteiger partial charge in [-0.25, -0.2) is 4.39 Å². The van der Waals surface area contributed by atoms with Crippen molar-refractivity contribution < 1.29 is 28.9 Å². The van der Waals surface area contributed by atoms with E-state index in [1.165, 1.54) is 42.3 Å². The zero-order valence-corrected chi connectivity index (χ0v) is 18.6. The Balaban J connectivity index is 2.14. The number of nitrogens with zero attached hydrogens (tertiary/aromatic N) is 2. The molecule has 2 N–H and O–H groups in total. The summed E-state index contributed by atoms with van der Waals surface area (Å²) in [5.74, 6) is -2.29. The van der Waals surface area contributed by atoms with Gasteiger partial charge < -0.3 is 24.7 Å². The molecule has 1 fully saturated rings. The molecule has 2 aromatic rings. The number of ether oxygens (including phenoxy) is 1. The highest BCUT2D eigenvalue weighted by molar-refractivity contribution is 6.46. The Bertz CT molecular complexity index is 1080. The van der Waals surface area contributed by atoms with Gasteiger partial charge in [0.2, 0.25) is 0 Å². The molecule has 0 spiro atoms. The van der Waals surface area contributed by atoms with Crippen molar-refractivity contribution in [3.05, 3.63) is 64.5 Å². The highest BCUT2D eigenvalue weighted by Gasteiger charge is 2.46. The number of phenols is 1. The van der Waals surface area contributed by atoms with Crippen molar-refractivity contribution in [1.29, 1.82) is 0 Å². The van der Waals surface area contributed by atoms with Crippen LogP contribution in [0.4, 0.5) is 4.39 Å². The Hall–Kier alpha value is -3.39. The number of aryl methyl sites for hydroxylation is 1. The van der Waals surface area contributed by atoms with Gasteiger partial charge in [-0.2, -0.15) is 0 Å². The van der Waals surface area contributed by atoms with E-state index < -0.39 is 23.5 Å². The van der Waals surface area contributed by atoms with Gasteiger partial charge in [0.25, 0.3) is 11.7 Å². The third-order valence-electron chi connectivity index (χ3n) is 5.49. The smallest absolute Gasteiger partial charge is 0.295 e. The molecule has 0 aromatic heterocycles. The van der Waals surface area contributed by atoms with E-state index in [9.17, 15) is 24.2 Å². The summed E-state index contributed by atoms with van der Waals surface area (Å²) in [6.45, 7) is 2.52. The maximum Gasteiger partial charge on any atom is 0.295 e. The topological polar surface area (TPSA) is 90.3 Å². The number of aliphatic hydroxyl groups is 1. The van der Waals surface area contributed by atoms with Gasteiger partial charge in [0.15, 0.2) is 11.5 Å². The van der Waals surface area contributed by atoms with Crippen LogP contribution in [-0.2, 0) is 9.59 Å². The number of aromatic hydroxyl groups is 1. The first-order chi connectivity index (χ1) is 15.1. The summed E-state index contributed by atoms with van der Waals surface area (Å²) in [7, 11) is 5.23. The van der Waals surface area contributed by atoms with Crippen molar-refractivity contribution in [3.8, 4) is 11.5 Å². The molecule has 0 bridgehead atoms. The summed E-state index contributed by atoms with van der Waals surface area (Å²) < 4.78 is 18.8. The van der Waals surface area contributed by atoms with Crippen molar-refractivity contribution in [3.63, 3.8) is 0 Å². The molecule has 1 atom stereocenters. The molecule has 0 saturated carbocycles. The van der Waals surface area contributed by atoms with Crippen molar-refractivity contribution in [2.45, 2.75) is 19.4 Å². The standard InChI is InChI=1S/C24H27FN2O5/c1-14-12-16(6-8-17(14)25)22(29)20-21(15-7-9-19(32-4)18(28)13-15)27(24(31)23(20)30)11-5-10-26(2)3/h6-9,12-13,21,28-29H,5,10-11H2,1-4H3/b22-20-. The molecule has 8 heteroatoms. The Labute approximate surface area is 186 Å². The van der Waals surface area contributed by atoms with E-state index in [0.717, 1.165) is 0 Å². The number of hydrogen-bond acceptors (Lipinski definition) is 6. The van der Waals surface area contributed by atoms with Gasteiger partial charge in [0, 0.05) is 12.1 Å². The molecule has 1 amide bonds. The molecule has 170 valence electrons. The zero-order valence-electron chi connectivity index (χ0n) is 18.6. The average molecular weight is 442 g/mol. The number of hydrogen-bond donors (Lipinski definition) is 2. The number of rotatable bonds is 7. The Morgan fingerprint density at radius 2 is 1.91 bits per heavy atom. The third-order valence-corrected chi connectivity index (χ3v) is 5.49. The Morgan fingerprint density at radius 1 is 1.19 bits per heavy atom. The van der Waals surface area contributed by atoms with Crippen LogP contribution in [0.25, 0.3) is 5.76 Å². The highest BCUT2D eigenvalue weighted by Crippen LogP contribution is 2.41. The lowest BCUT2D eigenvalue weighted by molar-refractivity contribution is -0.139. The fourth-order valence-corrected chi connectivity index (χ4v) is 3.84. The van der Waals surface area contributed by atoms with Crippen molar-refractivity contribution in [2.75, 3.05) is 34.3 Å². The van der Waals surface area contributed by atoms with Gasteiger partial charge >= 0.3 is 0 Å². The number of methoxy groups -OCH3 is 1. The summed E-state index contributed by atoms with van der Waals surface area (Å²) in [6, 6.07) is 7.67. The lowest BCUT2D eigenvalue weighted by Crippen LogP contribution is -2.32. The molecule has 0 aliphatic carbocycles. The SMILES string of the molecule is COc1ccc(C2/C(=C(/O)c3ccc(F)c(C)c3)C(=O)C(=O)N2CCCN(C)C)cc1O. The number of likely N-dealkylation sites (tertiary alicyclic amines) is 1. The molecule has 7 nitrogen and oxygen atoms in total. The Kier molecular flexibility index (Phi) is 6.84. The maximum atomic E-state index is 13.7. The van der Waals surface area contributed by atoms with E-state index >= 15 is 0 Å². The van der Waals surface area contributed by atoms with E-state index in [2.05, 4.69) is 0 Å². The predicted octanol–water partition coefficient (Wildman–Crippen LogP) is 3.22. The number of carbonyl (C=O) groups excluding carboxylic acids is 2.